The van der Waals surface area contributed by atoms with Crippen molar-refractivity contribution in [3.8, 4) is 0 Å². The number of carbonyl (C=O) groups excluding carboxylic acids is 1. The van der Waals surface area contributed by atoms with Crippen LogP contribution in [-0.4, -0.2) is 34.4 Å². The summed E-state index contributed by atoms with van der Waals surface area (Å²) in [6.45, 7) is 4.69. The van der Waals surface area contributed by atoms with E-state index in [1.807, 2.05) is 31.9 Å². The first-order valence-corrected chi connectivity index (χ1v) is 11.1. The molecule has 0 atom stereocenters. The molecule has 0 saturated heterocycles. The van der Waals surface area contributed by atoms with E-state index in [1.54, 1.807) is 23.1 Å². The highest BCUT2D eigenvalue weighted by Gasteiger charge is 2.10. The average Bonchev–Trinajstić information content (AvgIpc) is 3.06. The zero-order valence-electron chi connectivity index (χ0n) is 14.3. The largest absolute Gasteiger partial charge is 0.355 e. The van der Waals surface area contributed by atoms with Gasteiger partial charge in [-0.15, -0.1) is 11.3 Å². The monoisotopic (exact) mass is 381 g/mol. The van der Waals surface area contributed by atoms with E-state index in [9.17, 15) is 4.79 Å². The van der Waals surface area contributed by atoms with Gasteiger partial charge in [-0.25, -0.2) is 9.97 Å². The number of aromatic nitrogens is 2. The minimum absolute atomic E-state index is 0.0967. The molecule has 0 unspecified atom stereocenters. The standard InChI is InChI=1S/C17H23N3OS3/c1-12-15(13(2)20-17(19-12)22-3)6-7-16(21)18-8-10-23-11-14-5-4-9-24-14/h4-5,9H,6-8,10-11H2,1-3H3,(H,18,21). The summed E-state index contributed by atoms with van der Waals surface area (Å²) in [6.07, 6.45) is 3.15. The van der Waals surface area contributed by atoms with Crippen molar-refractivity contribution >= 4 is 40.8 Å². The second-order valence-electron chi connectivity index (χ2n) is 5.34. The lowest BCUT2D eigenvalue weighted by Gasteiger charge is -2.10. The molecule has 2 aromatic rings. The third-order valence-corrected chi connectivity index (χ3v) is 6.19. The van der Waals surface area contributed by atoms with E-state index in [-0.39, 0.29) is 5.91 Å². The first kappa shape index (κ1) is 19.3. The van der Waals surface area contributed by atoms with Crippen molar-refractivity contribution in [3.63, 3.8) is 0 Å². The number of amides is 1. The van der Waals surface area contributed by atoms with Crippen molar-refractivity contribution < 1.29 is 4.79 Å². The number of carbonyl (C=O) groups is 1. The molecule has 1 amide bonds. The molecule has 2 rings (SSSR count). The summed E-state index contributed by atoms with van der Waals surface area (Å²) in [7, 11) is 0. The zero-order valence-corrected chi connectivity index (χ0v) is 16.7. The molecular formula is C17H23N3OS3. The fourth-order valence-corrected chi connectivity index (χ4v) is 4.47. The van der Waals surface area contributed by atoms with Gasteiger partial charge in [-0.3, -0.25) is 4.79 Å². The Morgan fingerprint density at radius 1 is 1.29 bits per heavy atom. The summed E-state index contributed by atoms with van der Waals surface area (Å²) in [5.74, 6) is 2.05. The van der Waals surface area contributed by atoms with Gasteiger partial charge in [0.2, 0.25) is 5.91 Å². The lowest BCUT2D eigenvalue weighted by Crippen LogP contribution is -2.26. The SMILES string of the molecule is CSc1nc(C)c(CCC(=O)NCCSCc2cccs2)c(C)n1. The molecule has 0 aliphatic carbocycles. The van der Waals surface area contributed by atoms with Crippen LogP contribution in [0.2, 0.25) is 0 Å². The van der Waals surface area contributed by atoms with E-state index in [0.29, 0.717) is 12.8 Å². The zero-order chi connectivity index (χ0) is 17.4. The number of hydrogen-bond acceptors (Lipinski definition) is 6. The quantitative estimate of drug-likeness (QED) is 0.406. The first-order chi connectivity index (χ1) is 11.6. The molecule has 0 aliphatic rings. The van der Waals surface area contributed by atoms with Crippen molar-refractivity contribution in [2.24, 2.45) is 0 Å². The van der Waals surface area contributed by atoms with Crippen LogP contribution in [0.5, 0.6) is 0 Å². The normalized spacial score (nSPS) is 10.8. The minimum Gasteiger partial charge on any atom is -0.355 e. The molecule has 1 N–H and O–H groups in total. The van der Waals surface area contributed by atoms with E-state index in [2.05, 4.69) is 32.8 Å². The molecule has 0 aromatic carbocycles. The van der Waals surface area contributed by atoms with Gasteiger partial charge in [-0.1, -0.05) is 17.8 Å². The Bertz CT molecular complexity index is 636. The smallest absolute Gasteiger partial charge is 0.220 e. The van der Waals surface area contributed by atoms with Crippen molar-refractivity contribution in [2.75, 3.05) is 18.6 Å². The van der Waals surface area contributed by atoms with Gasteiger partial charge in [0.15, 0.2) is 5.16 Å². The van der Waals surface area contributed by atoms with Crippen LogP contribution in [0, 0.1) is 13.8 Å². The fourth-order valence-electron chi connectivity index (χ4n) is 2.32. The lowest BCUT2D eigenvalue weighted by molar-refractivity contribution is -0.120. The summed E-state index contributed by atoms with van der Waals surface area (Å²) in [6, 6.07) is 4.22. The van der Waals surface area contributed by atoms with Gasteiger partial charge in [0.1, 0.15) is 0 Å². The van der Waals surface area contributed by atoms with E-state index in [0.717, 1.165) is 40.2 Å². The molecule has 0 aliphatic heterocycles. The van der Waals surface area contributed by atoms with Gasteiger partial charge < -0.3 is 5.32 Å². The molecule has 24 heavy (non-hydrogen) atoms. The number of hydrogen-bond donors (Lipinski definition) is 1. The second kappa shape index (κ2) is 10.1. The maximum atomic E-state index is 12.0. The van der Waals surface area contributed by atoms with Gasteiger partial charge in [-0.05, 0) is 43.5 Å². The fraction of sp³-hybridized carbons (Fsp3) is 0.471. The lowest BCUT2D eigenvalue weighted by atomic mass is 10.1. The van der Waals surface area contributed by atoms with Gasteiger partial charge >= 0.3 is 0 Å². The number of rotatable bonds is 9. The van der Waals surface area contributed by atoms with Crippen LogP contribution < -0.4 is 5.32 Å². The third kappa shape index (κ3) is 6.11. The second-order valence-corrected chi connectivity index (χ2v) is 8.25. The molecule has 130 valence electrons. The predicted molar refractivity (Wildman–Crippen MR) is 105 cm³/mol. The summed E-state index contributed by atoms with van der Waals surface area (Å²) in [5, 5.41) is 5.88. The summed E-state index contributed by atoms with van der Waals surface area (Å²) < 4.78 is 0. The summed E-state index contributed by atoms with van der Waals surface area (Å²) >= 11 is 5.17. The van der Waals surface area contributed by atoms with Crippen molar-refractivity contribution in [1.29, 1.82) is 0 Å². The minimum atomic E-state index is 0.0967. The molecular weight excluding hydrogens is 358 g/mol. The highest BCUT2D eigenvalue weighted by Crippen LogP contribution is 2.18. The molecule has 2 heterocycles. The molecule has 0 bridgehead atoms. The van der Waals surface area contributed by atoms with Crippen molar-refractivity contribution in [1.82, 2.24) is 15.3 Å². The van der Waals surface area contributed by atoms with Gasteiger partial charge in [0.25, 0.3) is 0 Å². The molecule has 0 spiro atoms. The maximum absolute atomic E-state index is 12.0. The Morgan fingerprint density at radius 2 is 2.04 bits per heavy atom. The third-order valence-electron chi connectivity index (χ3n) is 3.58. The van der Waals surface area contributed by atoms with Crippen LogP contribution >= 0.6 is 34.9 Å². The molecule has 4 nitrogen and oxygen atoms in total. The Labute approximate surface area is 156 Å². The number of thiophene rings is 1. The van der Waals surface area contributed by atoms with E-state index < -0.39 is 0 Å². The first-order valence-electron chi connectivity index (χ1n) is 7.85. The van der Waals surface area contributed by atoms with Crippen molar-refractivity contribution in [3.05, 3.63) is 39.3 Å². The van der Waals surface area contributed by atoms with Crippen LogP contribution in [0.25, 0.3) is 0 Å². The number of aryl methyl sites for hydroxylation is 2. The van der Waals surface area contributed by atoms with Crippen LogP contribution in [-0.2, 0) is 17.0 Å². The molecule has 2 aromatic heterocycles. The van der Waals surface area contributed by atoms with E-state index >= 15 is 0 Å². The Balaban J connectivity index is 1.68. The highest BCUT2D eigenvalue weighted by molar-refractivity contribution is 7.98. The summed E-state index contributed by atoms with van der Waals surface area (Å²) in [5.41, 5.74) is 3.05. The van der Waals surface area contributed by atoms with Crippen molar-refractivity contribution in [2.45, 2.75) is 37.6 Å². The topological polar surface area (TPSA) is 54.9 Å². The van der Waals surface area contributed by atoms with Crippen LogP contribution in [0.4, 0.5) is 0 Å². The van der Waals surface area contributed by atoms with Crippen LogP contribution in [0.1, 0.15) is 28.2 Å². The number of thioether (sulfide) groups is 2. The molecule has 7 heteroatoms. The highest BCUT2D eigenvalue weighted by atomic mass is 32.2. The van der Waals surface area contributed by atoms with Gasteiger partial charge in [0.05, 0.1) is 0 Å². The number of nitrogens with one attached hydrogen (secondary N) is 1. The Morgan fingerprint density at radius 3 is 2.67 bits per heavy atom. The average molecular weight is 382 g/mol. The van der Waals surface area contributed by atoms with Crippen LogP contribution in [0.15, 0.2) is 22.7 Å². The van der Waals surface area contributed by atoms with Gasteiger partial charge in [-0.2, -0.15) is 11.8 Å². The number of nitrogens with zero attached hydrogens (tertiary/aromatic N) is 2. The summed E-state index contributed by atoms with van der Waals surface area (Å²) in [4.78, 5) is 22.3. The van der Waals surface area contributed by atoms with E-state index in [4.69, 9.17) is 0 Å². The van der Waals surface area contributed by atoms with Gasteiger partial charge in [0, 0.05) is 40.7 Å². The van der Waals surface area contributed by atoms with E-state index in [1.165, 1.54) is 4.88 Å². The van der Waals surface area contributed by atoms with Crippen LogP contribution in [0.3, 0.4) is 0 Å². The maximum Gasteiger partial charge on any atom is 0.220 e. The molecule has 0 radical (unpaired) electrons. The Hall–Kier alpha value is -1.05. The molecule has 0 saturated carbocycles. The predicted octanol–water partition coefficient (Wildman–Crippen LogP) is 3.86. The Kier molecular flexibility index (Phi) is 8.08. The molecule has 0 fully saturated rings.